The van der Waals surface area contributed by atoms with Gasteiger partial charge < -0.3 is 15.4 Å². The maximum atomic E-state index is 12.8. The summed E-state index contributed by atoms with van der Waals surface area (Å²) in [6.45, 7) is 1.32. The van der Waals surface area contributed by atoms with Gasteiger partial charge in [-0.1, -0.05) is 36.4 Å². The van der Waals surface area contributed by atoms with E-state index < -0.39 is 11.7 Å². The van der Waals surface area contributed by atoms with Gasteiger partial charge >= 0.3 is 6.18 Å². The molecule has 0 radical (unpaired) electrons. The summed E-state index contributed by atoms with van der Waals surface area (Å²) in [5.41, 5.74) is 2.00. The monoisotopic (exact) mass is 365 g/mol. The third-order valence-corrected chi connectivity index (χ3v) is 3.70. The average molecular weight is 365 g/mol. The van der Waals surface area contributed by atoms with Gasteiger partial charge in [0.2, 0.25) is 0 Å². The molecule has 0 amide bonds. The Kier molecular flexibility index (Phi) is 7.03. The maximum Gasteiger partial charge on any atom is 0.416 e. The van der Waals surface area contributed by atoms with Crippen LogP contribution in [-0.2, 0) is 30.6 Å². The lowest BCUT2D eigenvalue weighted by Crippen LogP contribution is -2.36. The van der Waals surface area contributed by atoms with Crippen LogP contribution in [0.2, 0.25) is 0 Å². The van der Waals surface area contributed by atoms with Crippen molar-refractivity contribution >= 4 is 5.96 Å². The van der Waals surface area contributed by atoms with Crippen molar-refractivity contribution in [1.29, 1.82) is 0 Å². The zero-order chi connectivity index (χ0) is 19.0. The Hall–Kier alpha value is -2.54. The van der Waals surface area contributed by atoms with Crippen molar-refractivity contribution in [3.05, 3.63) is 70.8 Å². The molecule has 0 spiro atoms. The molecule has 0 unspecified atom stereocenters. The van der Waals surface area contributed by atoms with E-state index >= 15 is 0 Å². The van der Waals surface area contributed by atoms with Gasteiger partial charge in [-0.3, -0.25) is 4.99 Å². The van der Waals surface area contributed by atoms with Gasteiger partial charge in [-0.2, -0.15) is 13.2 Å². The van der Waals surface area contributed by atoms with Crippen molar-refractivity contribution in [1.82, 2.24) is 10.6 Å². The fourth-order valence-corrected chi connectivity index (χ4v) is 2.45. The number of hydrogen-bond donors (Lipinski definition) is 2. The molecule has 7 heteroatoms. The molecule has 0 fully saturated rings. The summed E-state index contributed by atoms with van der Waals surface area (Å²) in [4.78, 5) is 4.10. The van der Waals surface area contributed by atoms with Crippen LogP contribution in [0.15, 0.2) is 53.5 Å². The molecule has 2 aromatic rings. The van der Waals surface area contributed by atoms with E-state index in [9.17, 15) is 13.2 Å². The molecule has 2 aromatic carbocycles. The minimum absolute atomic E-state index is 0.243. The van der Waals surface area contributed by atoms with Crippen molar-refractivity contribution in [2.45, 2.75) is 25.9 Å². The number of ether oxygens (including phenoxy) is 1. The minimum atomic E-state index is -4.34. The van der Waals surface area contributed by atoms with Crippen molar-refractivity contribution < 1.29 is 17.9 Å². The van der Waals surface area contributed by atoms with Gasteiger partial charge in [0.05, 0.1) is 12.2 Å². The quantitative estimate of drug-likeness (QED) is 0.606. The molecule has 0 saturated heterocycles. The third kappa shape index (κ3) is 6.07. The van der Waals surface area contributed by atoms with Crippen LogP contribution >= 0.6 is 0 Å². The van der Waals surface area contributed by atoms with E-state index in [0.29, 0.717) is 24.7 Å². The summed E-state index contributed by atoms with van der Waals surface area (Å²) < 4.78 is 43.4. The number of halogens is 3. The van der Waals surface area contributed by atoms with Gasteiger partial charge in [-0.25, -0.2) is 0 Å². The minimum Gasteiger partial charge on any atom is -0.380 e. The second kappa shape index (κ2) is 9.24. The molecule has 0 heterocycles. The SMILES string of the molecule is CN=C(NCc1cccc(COC)c1)NCc1cccc(C(F)(F)F)c1. The third-order valence-electron chi connectivity index (χ3n) is 3.70. The Balaban J connectivity index is 1.91. The molecule has 2 rings (SSSR count). The van der Waals surface area contributed by atoms with E-state index in [0.717, 1.165) is 23.3 Å². The number of aliphatic imine (C=N–C) groups is 1. The Morgan fingerprint density at radius 1 is 0.962 bits per heavy atom. The number of rotatable bonds is 6. The Morgan fingerprint density at radius 3 is 2.12 bits per heavy atom. The van der Waals surface area contributed by atoms with Gasteiger partial charge in [-0.05, 0) is 28.8 Å². The van der Waals surface area contributed by atoms with Crippen LogP contribution in [-0.4, -0.2) is 20.1 Å². The summed E-state index contributed by atoms with van der Waals surface area (Å²) in [5.74, 6) is 0.513. The molecule has 2 N–H and O–H groups in total. The topological polar surface area (TPSA) is 45.7 Å². The van der Waals surface area contributed by atoms with E-state index in [4.69, 9.17) is 4.74 Å². The average Bonchev–Trinajstić information content (AvgIpc) is 2.62. The van der Waals surface area contributed by atoms with Crippen LogP contribution in [0, 0.1) is 0 Å². The summed E-state index contributed by atoms with van der Waals surface area (Å²) in [6.07, 6.45) is -4.34. The molecule has 0 aliphatic heterocycles. The molecular formula is C19H22F3N3O. The van der Waals surface area contributed by atoms with Gasteiger partial charge in [0, 0.05) is 27.2 Å². The Morgan fingerprint density at radius 2 is 1.54 bits per heavy atom. The number of alkyl halides is 3. The van der Waals surface area contributed by atoms with Gasteiger partial charge in [0.1, 0.15) is 0 Å². The van der Waals surface area contributed by atoms with Crippen LogP contribution in [0.4, 0.5) is 13.2 Å². The molecule has 0 atom stereocenters. The first-order chi connectivity index (χ1) is 12.4. The van der Waals surface area contributed by atoms with Crippen LogP contribution in [0.5, 0.6) is 0 Å². The van der Waals surface area contributed by atoms with E-state index in [-0.39, 0.29) is 6.54 Å². The second-order valence-electron chi connectivity index (χ2n) is 5.73. The largest absolute Gasteiger partial charge is 0.416 e. The van der Waals surface area contributed by atoms with Crippen molar-refractivity contribution in [2.75, 3.05) is 14.2 Å². The maximum absolute atomic E-state index is 12.8. The molecular weight excluding hydrogens is 343 g/mol. The summed E-state index contributed by atoms with van der Waals surface area (Å²) in [7, 11) is 3.26. The lowest BCUT2D eigenvalue weighted by molar-refractivity contribution is -0.137. The van der Waals surface area contributed by atoms with E-state index in [1.807, 2.05) is 24.3 Å². The molecule has 0 saturated carbocycles. The molecule has 0 bridgehead atoms. The smallest absolute Gasteiger partial charge is 0.380 e. The highest BCUT2D eigenvalue weighted by atomic mass is 19.4. The fraction of sp³-hybridized carbons (Fsp3) is 0.316. The molecule has 0 aliphatic carbocycles. The summed E-state index contributed by atoms with van der Waals surface area (Å²) in [6, 6.07) is 13.2. The highest BCUT2D eigenvalue weighted by molar-refractivity contribution is 5.79. The van der Waals surface area contributed by atoms with Crippen molar-refractivity contribution in [2.24, 2.45) is 4.99 Å². The van der Waals surface area contributed by atoms with Crippen molar-refractivity contribution in [3.8, 4) is 0 Å². The van der Waals surface area contributed by atoms with Gasteiger partial charge in [0.25, 0.3) is 0 Å². The predicted octanol–water partition coefficient (Wildman–Crippen LogP) is 3.72. The summed E-state index contributed by atoms with van der Waals surface area (Å²) in [5, 5.41) is 6.17. The lowest BCUT2D eigenvalue weighted by Gasteiger charge is -2.13. The molecule has 0 aromatic heterocycles. The Labute approximate surface area is 151 Å². The number of guanidine groups is 1. The van der Waals surface area contributed by atoms with E-state index in [2.05, 4.69) is 15.6 Å². The molecule has 140 valence electrons. The molecule has 0 aliphatic rings. The number of nitrogens with one attached hydrogen (secondary N) is 2. The molecule has 26 heavy (non-hydrogen) atoms. The Bertz CT molecular complexity index is 745. The van der Waals surface area contributed by atoms with Crippen LogP contribution < -0.4 is 10.6 Å². The fourth-order valence-electron chi connectivity index (χ4n) is 2.45. The first kappa shape index (κ1) is 19.8. The first-order valence-corrected chi connectivity index (χ1v) is 8.10. The highest BCUT2D eigenvalue weighted by Gasteiger charge is 2.30. The number of benzene rings is 2. The number of methoxy groups -OCH3 is 1. The van der Waals surface area contributed by atoms with Gasteiger partial charge in [-0.15, -0.1) is 0 Å². The molecule has 4 nitrogen and oxygen atoms in total. The van der Waals surface area contributed by atoms with Crippen LogP contribution in [0.3, 0.4) is 0 Å². The van der Waals surface area contributed by atoms with E-state index in [1.54, 1.807) is 20.2 Å². The van der Waals surface area contributed by atoms with Gasteiger partial charge in [0.15, 0.2) is 5.96 Å². The number of nitrogens with zero attached hydrogens (tertiary/aromatic N) is 1. The summed E-state index contributed by atoms with van der Waals surface area (Å²) >= 11 is 0. The first-order valence-electron chi connectivity index (χ1n) is 8.10. The zero-order valence-electron chi connectivity index (χ0n) is 14.7. The van der Waals surface area contributed by atoms with E-state index in [1.165, 1.54) is 6.07 Å². The second-order valence-corrected chi connectivity index (χ2v) is 5.73. The normalized spacial score (nSPS) is 12.1. The predicted molar refractivity (Wildman–Crippen MR) is 95.6 cm³/mol. The van der Waals surface area contributed by atoms with Crippen LogP contribution in [0.1, 0.15) is 22.3 Å². The highest BCUT2D eigenvalue weighted by Crippen LogP contribution is 2.29. The standard InChI is InChI=1S/C19H22F3N3O/c1-23-18(24-11-14-5-3-7-16(9-14)13-26-2)25-12-15-6-4-8-17(10-15)19(20,21)22/h3-10H,11-13H2,1-2H3,(H2,23,24,25). The van der Waals surface area contributed by atoms with Crippen LogP contribution in [0.25, 0.3) is 0 Å². The zero-order valence-corrected chi connectivity index (χ0v) is 14.7. The van der Waals surface area contributed by atoms with Crippen molar-refractivity contribution in [3.63, 3.8) is 0 Å². The lowest BCUT2D eigenvalue weighted by atomic mass is 10.1. The number of hydrogen-bond acceptors (Lipinski definition) is 2.